The lowest BCUT2D eigenvalue weighted by molar-refractivity contribution is -0.120. The van der Waals surface area contributed by atoms with Crippen LogP contribution in [-0.4, -0.2) is 24.0 Å². The van der Waals surface area contributed by atoms with Crippen LogP contribution < -0.4 is 10.6 Å². The van der Waals surface area contributed by atoms with Crippen molar-refractivity contribution in [3.05, 3.63) is 17.8 Å². The fourth-order valence-electron chi connectivity index (χ4n) is 0.958. The summed E-state index contributed by atoms with van der Waals surface area (Å²) >= 11 is 0. The Morgan fingerprint density at radius 2 is 2.43 bits per heavy atom. The largest absolute Gasteiger partial charge is 0.444 e. The minimum atomic E-state index is -0.0531. The van der Waals surface area contributed by atoms with Crippen molar-refractivity contribution in [1.82, 2.24) is 15.6 Å². The maximum atomic E-state index is 11.1. The topological polar surface area (TPSA) is 67.2 Å². The molecule has 0 aliphatic carbocycles. The van der Waals surface area contributed by atoms with Crippen LogP contribution >= 0.6 is 0 Å². The van der Waals surface area contributed by atoms with E-state index in [1.165, 1.54) is 0 Å². The maximum Gasteiger partial charge on any atom is 0.234 e. The molecule has 1 heterocycles. The quantitative estimate of drug-likeness (QED) is 0.708. The van der Waals surface area contributed by atoms with Gasteiger partial charge in [0.05, 0.1) is 19.3 Å². The molecule has 1 rings (SSSR count). The van der Waals surface area contributed by atoms with Gasteiger partial charge in [0.1, 0.15) is 5.76 Å². The lowest BCUT2D eigenvalue weighted by atomic mass is 10.5. The summed E-state index contributed by atoms with van der Waals surface area (Å²) < 4.78 is 5.19. The van der Waals surface area contributed by atoms with E-state index in [0.29, 0.717) is 19.0 Å². The predicted molar refractivity (Wildman–Crippen MR) is 51.6 cm³/mol. The average Bonchev–Trinajstić information content (AvgIpc) is 2.58. The van der Waals surface area contributed by atoms with Gasteiger partial charge in [-0.3, -0.25) is 4.79 Å². The Hall–Kier alpha value is -1.36. The maximum absolute atomic E-state index is 11.1. The Balaban J connectivity index is 2.23. The van der Waals surface area contributed by atoms with E-state index in [1.54, 1.807) is 6.20 Å². The molecule has 5 heteroatoms. The molecule has 0 saturated carbocycles. The summed E-state index contributed by atoms with van der Waals surface area (Å²) in [5.74, 6) is 1.23. The number of amides is 1. The van der Waals surface area contributed by atoms with Crippen LogP contribution in [0, 0.1) is 6.92 Å². The summed E-state index contributed by atoms with van der Waals surface area (Å²) in [5, 5.41) is 5.62. The van der Waals surface area contributed by atoms with Crippen molar-refractivity contribution >= 4 is 5.91 Å². The van der Waals surface area contributed by atoms with Crippen molar-refractivity contribution in [3.63, 3.8) is 0 Å². The highest BCUT2D eigenvalue weighted by molar-refractivity contribution is 5.77. The first-order valence-electron chi connectivity index (χ1n) is 4.61. The van der Waals surface area contributed by atoms with Gasteiger partial charge in [0, 0.05) is 0 Å². The minimum Gasteiger partial charge on any atom is -0.444 e. The van der Waals surface area contributed by atoms with Crippen LogP contribution in [0.1, 0.15) is 18.6 Å². The van der Waals surface area contributed by atoms with Crippen molar-refractivity contribution in [2.24, 2.45) is 0 Å². The molecule has 0 unspecified atom stereocenters. The Labute approximate surface area is 82.9 Å². The van der Waals surface area contributed by atoms with Gasteiger partial charge in [0.2, 0.25) is 11.8 Å². The van der Waals surface area contributed by atoms with Gasteiger partial charge in [-0.15, -0.1) is 0 Å². The highest BCUT2D eigenvalue weighted by atomic mass is 16.4. The Kier molecular flexibility index (Phi) is 4.12. The summed E-state index contributed by atoms with van der Waals surface area (Å²) in [5.41, 5.74) is 0. The first-order valence-corrected chi connectivity index (χ1v) is 4.61. The van der Waals surface area contributed by atoms with Crippen LogP contribution in [0.5, 0.6) is 0 Å². The lowest BCUT2D eigenvalue weighted by Gasteiger charge is -2.02. The van der Waals surface area contributed by atoms with Gasteiger partial charge in [0.15, 0.2) is 0 Å². The van der Waals surface area contributed by atoms with Gasteiger partial charge >= 0.3 is 0 Å². The fraction of sp³-hybridized carbons (Fsp3) is 0.556. The van der Waals surface area contributed by atoms with Crippen LogP contribution in [0.15, 0.2) is 10.6 Å². The Bertz CT molecular complexity index is 296. The van der Waals surface area contributed by atoms with E-state index in [0.717, 1.165) is 12.3 Å². The monoisotopic (exact) mass is 197 g/mol. The number of nitrogens with one attached hydrogen (secondary N) is 2. The van der Waals surface area contributed by atoms with E-state index < -0.39 is 0 Å². The first kappa shape index (κ1) is 10.7. The second kappa shape index (κ2) is 5.39. The van der Waals surface area contributed by atoms with Crippen molar-refractivity contribution < 1.29 is 9.21 Å². The standard InChI is InChI=1S/C9H15N3O2/c1-3-10-5-8(13)11-6-9-12-4-7(2)14-9/h4,10H,3,5-6H2,1-2H3,(H,11,13). The molecule has 0 radical (unpaired) electrons. The van der Waals surface area contributed by atoms with Gasteiger partial charge in [-0.2, -0.15) is 0 Å². The highest BCUT2D eigenvalue weighted by Gasteiger charge is 2.03. The Morgan fingerprint density at radius 3 is 3.00 bits per heavy atom. The molecular formula is C9H15N3O2. The number of rotatable bonds is 5. The number of hydrogen-bond acceptors (Lipinski definition) is 4. The van der Waals surface area contributed by atoms with Gasteiger partial charge in [0.25, 0.3) is 0 Å². The number of carbonyl (C=O) groups excluding carboxylic acids is 1. The van der Waals surface area contributed by atoms with Crippen LogP contribution in [-0.2, 0) is 11.3 Å². The highest BCUT2D eigenvalue weighted by Crippen LogP contribution is 1.99. The third-order valence-electron chi connectivity index (χ3n) is 1.64. The number of hydrogen-bond donors (Lipinski definition) is 2. The van der Waals surface area contributed by atoms with Crippen LogP contribution in [0.2, 0.25) is 0 Å². The summed E-state index contributed by atoms with van der Waals surface area (Å²) in [6, 6.07) is 0. The van der Waals surface area contributed by atoms with Gasteiger partial charge in [-0.05, 0) is 13.5 Å². The summed E-state index contributed by atoms with van der Waals surface area (Å²) in [4.78, 5) is 15.1. The van der Waals surface area contributed by atoms with Crippen LogP contribution in [0.3, 0.4) is 0 Å². The second-order valence-electron chi connectivity index (χ2n) is 2.92. The molecule has 0 aromatic carbocycles. The molecule has 78 valence electrons. The number of aromatic nitrogens is 1. The molecule has 1 aromatic heterocycles. The molecule has 2 N–H and O–H groups in total. The first-order chi connectivity index (χ1) is 6.72. The zero-order valence-electron chi connectivity index (χ0n) is 8.46. The number of nitrogens with zero attached hydrogens (tertiary/aromatic N) is 1. The number of oxazole rings is 1. The molecule has 1 aromatic rings. The smallest absolute Gasteiger partial charge is 0.234 e. The van der Waals surface area contributed by atoms with Crippen LogP contribution in [0.25, 0.3) is 0 Å². The molecule has 0 saturated heterocycles. The van der Waals surface area contributed by atoms with E-state index in [1.807, 2.05) is 13.8 Å². The summed E-state index contributed by atoms with van der Waals surface area (Å²) in [7, 11) is 0. The van der Waals surface area contributed by atoms with E-state index in [-0.39, 0.29) is 5.91 Å². The zero-order valence-corrected chi connectivity index (χ0v) is 8.46. The number of carbonyl (C=O) groups is 1. The van der Waals surface area contributed by atoms with Crippen molar-refractivity contribution in [2.45, 2.75) is 20.4 Å². The minimum absolute atomic E-state index is 0.0531. The Morgan fingerprint density at radius 1 is 1.64 bits per heavy atom. The van der Waals surface area contributed by atoms with E-state index in [2.05, 4.69) is 15.6 Å². The normalized spacial score (nSPS) is 10.1. The summed E-state index contributed by atoms with van der Waals surface area (Å²) in [6.07, 6.45) is 1.63. The van der Waals surface area contributed by atoms with Gasteiger partial charge in [-0.1, -0.05) is 6.92 Å². The summed E-state index contributed by atoms with van der Waals surface area (Å²) in [6.45, 7) is 5.22. The average molecular weight is 197 g/mol. The van der Waals surface area contributed by atoms with Crippen molar-refractivity contribution in [3.8, 4) is 0 Å². The van der Waals surface area contributed by atoms with Crippen LogP contribution in [0.4, 0.5) is 0 Å². The van der Waals surface area contributed by atoms with E-state index in [4.69, 9.17) is 4.42 Å². The molecule has 14 heavy (non-hydrogen) atoms. The molecule has 0 fully saturated rings. The molecule has 0 atom stereocenters. The predicted octanol–water partition coefficient (Wildman–Crippen LogP) is 0.209. The molecule has 0 spiro atoms. The fourth-order valence-corrected chi connectivity index (χ4v) is 0.958. The van der Waals surface area contributed by atoms with Crippen molar-refractivity contribution in [1.29, 1.82) is 0 Å². The third kappa shape index (κ3) is 3.57. The molecule has 0 aliphatic heterocycles. The lowest BCUT2D eigenvalue weighted by Crippen LogP contribution is -2.33. The second-order valence-corrected chi connectivity index (χ2v) is 2.92. The molecular weight excluding hydrogens is 182 g/mol. The van der Waals surface area contributed by atoms with E-state index in [9.17, 15) is 4.79 Å². The van der Waals surface area contributed by atoms with Gasteiger partial charge in [-0.25, -0.2) is 4.98 Å². The molecule has 1 amide bonds. The zero-order chi connectivity index (χ0) is 10.4. The third-order valence-corrected chi connectivity index (χ3v) is 1.64. The molecule has 0 bridgehead atoms. The SMILES string of the molecule is CCNCC(=O)NCc1ncc(C)o1. The van der Waals surface area contributed by atoms with Gasteiger partial charge < -0.3 is 15.1 Å². The molecule has 0 aliphatic rings. The number of aryl methyl sites for hydroxylation is 1. The number of likely N-dealkylation sites (N-methyl/N-ethyl adjacent to an activating group) is 1. The molecule has 5 nitrogen and oxygen atoms in total. The van der Waals surface area contributed by atoms with E-state index >= 15 is 0 Å². The van der Waals surface area contributed by atoms with Crippen molar-refractivity contribution in [2.75, 3.05) is 13.1 Å².